The highest BCUT2D eigenvalue weighted by Crippen LogP contribution is 2.49. The van der Waals surface area contributed by atoms with E-state index in [1.54, 1.807) is 0 Å². The van der Waals surface area contributed by atoms with Gasteiger partial charge in [0, 0.05) is 42.4 Å². The third-order valence-electron chi connectivity index (χ3n) is 10.9. The summed E-state index contributed by atoms with van der Waals surface area (Å²) in [5.74, 6) is 0. The van der Waals surface area contributed by atoms with Gasteiger partial charge in [0.05, 0.1) is 16.8 Å². The summed E-state index contributed by atoms with van der Waals surface area (Å²) in [4.78, 5) is 2.43. The molecule has 0 atom stereocenters. The van der Waals surface area contributed by atoms with Crippen molar-refractivity contribution in [3.05, 3.63) is 200 Å². The molecule has 0 unspecified atom stereocenters. The average molecular weight is 720 g/mol. The van der Waals surface area contributed by atoms with Crippen LogP contribution in [-0.4, -0.2) is 0 Å². The van der Waals surface area contributed by atoms with Crippen LogP contribution in [0.25, 0.3) is 86.3 Å². The molecule has 11 aromatic rings. The van der Waals surface area contributed by atoms with Gasteiger partial charge in [0.2, 0.25) is 0 Å². The second-order valence-corrected chi connectivity index (χ2v) is 15.1. The SMILES string of the molecule is c1cc(-c2ccc(-c3cccc4ccccc34)cc2)cc(N(c2ccccc2-c2cccc3c2sc2ccccc23)c2cccc3oc4ccccc4c23)c1. The quantitative estimate of drug-likeness (QED) is 0.170. The van der Waals surface area contributed by atoms with Crippen molar-refractivity contribution in [3.8, 4) is 33.4 Å². The summed E-state index contributed by atoms with van der Waals surface area (Å²) < 4.78 is 9.06. The zero-order valence-electron chi connectivity index (χ0n) is 29.8. The Morgan fingerprint density at radius 2 is 1.00 bits per heavy atom. The first-order valence-electron chi connectivity index (χ1n) is 18.7. The normalized spacial score (nSPS) is 11.6. The number of anilines is 3. The van der Waals surface area contributed by atoms with Crippen molar-refractivity contribution in [2.24, 2.45) is 0 Å². The van der Waals surface area contributed by atoms with Gasteiger partial charge in [0.15, 0.2) is 0 Å². The second kappa shape index (κ2) is 12.9. The summed E-state index contributed by atoms with van der Waals surface area (Å²) in [6.45, 7) is 0. The van der Waals surface area contributed by atoms with Crippen LogP contribution in [0.5, 0.6) is 0 Å². The average Bonchev–Trinajstić information content (AvgIpc) is 3.83. The first-order valence-corrected chi connectivity index (χ1v) is 19.5. The number of fused-ring (bicyclic) bond motifs is 7. The molecule has 0 radical (unpaired) electrons. The molecule has 258 valence electrons. The first kappa shape index (κ1) is 31.6. The summed E-state index contributed by atoms with van der Waals surface area (Å²) in [6.07, 6.45) is 0. The van der Waals surface area contributed by atoms with Gasteiger partial charge >= 0.3 is 0 Å². The number of hydrogen-bond donors (Lipinski definition) is 0. The highest BCUT2D eigenvalue weighted by molar-refractivity contribution is 7.26. The Morgan fingerprint density at radius 1 is 0.382 bits per heavy atom. The predicted molar refractivity (Wildman–Crippen MR) is 235 cm³/mol. The fourth-order valence-electron chi connectivity index (χ4n) is 8.35. The van der Waals surface area contributed by atoms with Gasteiger partial charge in [-0.05, 0) is 75.5 Å². The van der Waals surface area contributed by atoms with Gasteiger partial charge in [-0.1, -0.05) is 158 Å². The minimum Gasteiger partial charge on any atom is -0.456 e. The molecule has 3 heteroatoms. The smallest absolute Gasteiger partial charge is 0.137 e. The van der Waals surface area contributed by atoms with E-state index in [4.69, 9.17) is 4.42 Å². The summed E-state index contributed by atoms with van der Waals surface area (Å²) in [7, 11) is 0. The van der Waals surface area contributed by atoms with E-state index in [-0.39, 0.29) is 0 Å². The van der Waals surface area contributed by atoms with E-state index in [0.29, 0.717) is 0 Å². The molecular weight excluding hydrogens is 687 g/mol. The number of thiophene rings is 1. The van der Waals surface area contributed by atoms with E-state index in [1.165, 1.54) is 58.8 Å². The molecule has 0 amide bonds. The zero-order valence-corrected chi connectivity index (χ0v) is 30.6. The van der Waals surface area contributed by atoms with E-state index in [1.807, 2.05) is 17.4 Å². The molecule has 0 fully saturated rings. The topological polar surface area (TPSA) is 16.4 Å². The second-order valence-electron chi connectivity index (χ2n) is 14.0. The number of rotatable bonds is 6. The standard InChI is InChI=1S/C52H33NOS/c1-2-17-39-35(13-1)14-10-21-40(39)36-31-29-34(30-32-36)37-15-9-16-38(33-37)53(47-25-12-27-49-51(47)45-20-4-7-26-48(45)54-49)46-24-6-3-18-41(46)43-22-11-23-44-42-19-5-8-28-50(42)55-52(43)44/h1-33H. The molecule has 2 aromatic heterocycles. The minimum absolute atomic E-state index is 0.868. The molecule has 0 aliphatic carbocycles. The lowest BCUT2D eigenvalue weighted by atomic mass is 9.96. The van der Waals surface area contributed by atoms with Crippen molar-refractivity contribution in [1.82, 2.24) is 0 Å². The van der Waals surface area contributed by atoms with Crippen molar-refractivity contribution in [3.63, 3.8) is 0 Å². The number of hydrogen-bond acceptors (Lipinski definition) is 3. The maximum atomic E-state index is 6.46. The van der Waals surface area contributed by atoms with Crippen molar-refractivity contribution in [2.75, 3.05) is 4.90 Å². The van der Waals surface area contributed by atoms with Crippen LogP contribution in [0.2, 0.25) is 0 Å². The van der Waals surface area contributed by atoms with Gasteiger partial charge < -0.3 is 9.32 Å². The lowest BCUT2D eigenvalue weighted by Crippen LogP contribution is -2.11. The van der Waals surface area contributed by atoms with Crippen LogP contribution < -0.4 is 4.90 Å². The fraction of sp³-hybridized carbons (Fsp3) is 0. The molecule has 11 rings (SSSR count). The van der Waals surface area contributed by atoms with E-state index < -0.39 is 0 Å². The predicted octanol–water partition coefficient (Wildman–Crippen LogP) is 15.6. The number of nitrogens with zero attached hydrogens (tertiary/aromatic N) is 1. The maximum absolute atomic E-state index is 6.46. The number of para-hydroxylation sites is 2. The van der Waals surface area contributed by atoms with E-state index in [2.05, 4.69) is 199 Å². The molecule has 0 saturated carbocycles. The maximum Gasteiger partial charge on any atom is 0.137 e. The van der Waals surface area contributed by atoms with Crippen molar-refractivity contribution in [1.29, 1.82) is 0 Å². The van der Waals surface area contributed by atoms with Gasteiger partial charge in [0.1, 0.15) is 11.2 Å². The van der Waals surface area contributed by atoms with Crippen LogP contribution in [0.4, 0.5) is 17.1 Å². The molecule has 9 aromatic carbocycles. The van der Waals surface area contributed by atoms with Crippen LogP contribution in [0.15, 0.2) is 205 Å². The first-order chi connectivity index (χ1) is 27.3. The van der Waals surface area contributed by atoms with Crippen LogP contribution >= 0.6 is 11.3 Å². The van der Waals surface area contributed by atoms with Crippen LogP contribution in [0.3, 0.4) is 0 Å². The third-order valence-corrected chi connectivity index (χ3v) is 12.1. The third kappa shape index (κ3) is 5.24. The summed E-state index contributed by atoms with van der Waals surface area (Å²) >= 11 is 1.87. The highest BCUT2D eigenvalue weighted by atomic mass is 32.1. The summed E-state index contributed by atoms with van der Waals surface area (Å²) in [6, 6.07) is 72.2. The van der Waals surface area contributed by atoms with Gasteiger partial charge in [-0.2, -0.15) is 0 Å². The van der Waals surface area contributed by atoms with Crippen molar-refractivity contribution >= 4 is 81.3 Å². The highest BCUT2D eigenvalue weighted by Gasteiger charge is 2.23. The molecule has 2 nitrogen and oxygen atoms in total. The van der Waals surface area contributed by atoms with Crippen LogP contribution in [0.1, 0.15) is 0 Å². The summed E-state index contributed by atoms with van der Waals surface area (Å²) in [5.41, 5.74) is 12.2. The lowest BCUT2D eigenvalue weighted by Gasteiger charge is -2.29. The van der Waals surface area contributed by atoms with E-state index in [9.17, 15) is 0 Å². The lowest BCUT2D eigenvalue weighted by molar-refractivity contribution is 0.669. The molecule has 55 heavy (non-hydrogen) atoms. The Balaban J connectivity index is 1.11. The van der Waals surface area contributed by atoms with Gasteiger partial charge in [-0.3, -0.25) is 0 Å². The van der Waals surface area contributed by atoms with E-state index in [0.717, 1.165) is 44.6 Å². The zero-order chi connectivity index (χ0) is 36.3. The molecule has 0 N–H and O–H groups in total. The Labute approximate surface area is 322 Å². The minimum atomic E-state index is 0.868. The molecule has 0 saturated heterocycles. The van der Waals surface area contributed by atoms with Crippen LogP contribution in [0, 0.1) is 0 Å². The largest absolute Gasteiger partial charge is 0.456 e. The number of furan rings is 1. The molecular formula is C52H33NOS. The molecule has 2 heterocycles. The Kier molecular flexibility index (Phi) is 7.39. The van der Waals surface area contributed by atoms with Gasteiger partial charge in [-0.25, -0.2) is 0 Å². The fourth-order valence-corrected chi connectivity index (χ4v) is 9.58. The van der Waals surface area contributed by atoms with Gasteiger partial charge in [0.25, 0.3) is 0 Å². The molecule has 0 aliphatic heterocycles. The Bertz CT molecular complexity index is 3220. The molecule has 0 bridgehead atoms. The molecule has 0 spiro atoms. The van der Waals surface area contributed by atoms with Crippen molar-refractivity contribution < 1.29 is 4.42 Å². The van der Waals surface area contributed by atoms with Crippen LogP contribution in [-0.2, 0) is 0 Å². The Hall–Kier alpha value is -6.94. The van der Waals surface area contributed by atoms with E-state index >= 15 is 0 Å². The monoisotopic (exact) mass is 719 g/mol. The van der Waals surface area contributed by atoms with Gasteiger partial charge in [-0.15, -0.1) is 11.3 Å². The number of benzene rings is 9. The molecule has 0 aliphatic rings. The van der Waals surface area contributed by atoms with Crippen molar-refractivity contribution in [2.45, 2.75) is 0 Å². The summed E-state index contributed by atoms with van der Waals surface area (Å²) in [5, 5.41) is 7.30. The Morgan fingerprint density at radius 3 is 1.93 bits per heavy atom.